The second kappa shape index (κ2) is 9.93. The number of aromatic amines is 1. The molecular weight excluding hydrogens is 523 g/mol. The van der Waals surface area contributed by atoms with Gasteiger partial charge in [0.05, 0.1) is 33.8 Å². The van der Waals surface area contributed by atoms with Crippen molar-refractivity contribution in [2.45, 2.75) is 19.3 Å². The largest absolute Gasteiger partial charge is 0.489 e. The standard InChI is InChI=1S/C24H22Cl2N6O3S/c1-24(2,17-10-15(12-27)21(19(26)11-17)35-9-8-25)16-6-4-14(5-7-16)20-18-13-28-23(32-36(3,33)34)29-22(18)31-30-20/h4-7,10-11,13H,8-9H2,1-3H3,(H2,28,29,30,31,32). The first-order chi connectivity index (χ1) is 17.0. The molecule has 2 aromatic heterocycles. The summed E-state index contributed by atoms with van der Waals surface area (Å²) in [7, 11) is -3.50. The van der Waals surface area contributed by atoms with Gasteiger partial charge in [0.1, 0.15) is 12.7 Å². The van der Waals surface area contributed by atoms with Gasteiger partial charge < -0.3 is 4.74 Å². The fourth-order valence-corrected chi connectivity index (χ4v) is 4.56. The molecule has 9 nitrogen and oxygen atoms in total. The molecular formula is C24H22Cl2N6O3S. The highest BCUT2D eigenvalue weighted by Crippen LogP contribution is 2.39. The molecule has 2 N–H and O–H groups in total. The van der Waals surface area contributed by atoms with Gasteiger partial charge >= 0.3 is 0 Å². The van der Waals surface area contributed by atoms with Crippen molar-refractivity contribution in [3.8, 4) is 23.1 Å². The monoisotopic (exact) mass is 544 g/mol. The Bertz CT molecular complexity index is 1580. The molecule has 2 aromatic carbocycles. The number of benzene rings is 2. The third kappa shape index (κ3) is 5.23. The van der Waals surface area contributed by atoms with E-state index in [-0.39, 0.29) is 18.4 Å². The summed E-state index contributed by atoms with van der Waals surface area (Å²) in [5.41, 5.74) is 3.64. The van der Waals surface area contributed by atoms with Crippen LogP contribution in [0, 0.1) is 11.3 Å². The van der Waals surface area contributed by atoms with Gasteiger partial charge in [0.2, 0.25) is 16.0 Å². The van der Waals surface area contributed by atoms with Gasteiger partial charge in [-0.05, 0) is 23.3 Å². The molecule has 0 radical (unpaired) electrons. The molecule has 0 aliphatic rings. The maximum atomic E-state index is 11.4. The van der Waals surface area contributed by atoms with Crippen LogP contribution in [0.25, 0.3) is 22.3 Å². The molecule has 0 saturated heterocycles. The third-order valence-electron chi connectivity index (χ3n) is 5.69. The number of hydrogen-bond donors (Lipinski definition) is 2. The minimum Gasteiger partial charge on any atom is -0.489 e. The summed E-state index contributed by atoms with van der Waals surface area (Å²) in [6.07, 6.45) is 2.55. The SMILES string of the molecule is CC(C)(c1ccc(-c2[nH]nc3nc(NS(C)(=O)=O)ncc23)cc1)c1cc(Cl)c(OCCCl)c(C#N)c1. The maximum absolute atomic E-state index is 11.4. The zero-order valence-corrected chi connectivity index (χ0v) is 22.0. The van der Waals surface area contributed by atoms with Crippen LogP contribution >= 0.6 is 23.2 Å². The van der Waals surface area contributed by atoms with Crippen LogP contribution in [0.3, 0.4) is 0 Å². The number of nitriles is 1. The van der Waals surface area contributed by atoms with E-state index in [1.807, 2.05) is 44.2 Å². The molecule has 0 bridgehead atoms. The summed E-state index contributed by atoms with van der Waals surface area (Å²) >= 11 is 12.2. The highest BCUT2D eigenvalue weighted by molar-refractivity contribution is 7.91. The van der Waals surface area contributed by atoms with Crippen molar-refractivity contribution in [3.63, 3.8) is 0 Å². The summed E-state index contributed by atoms with van der Waals surface area (Å²) in [5, 5.41) is 17.8. The van der Waals surface area contributed by atoms with E-state index in [2.05, 4.69) is 31.0 Å². The van der Waals surface area contributed by atoms with E-state index in [0.717, 1.165) is 22.9 Å². The Labute approximate surface area is 218 Å². The molecule has 0 amide bonds. The lowest BCUT2D eigenvalue weighted by atomic mass is 9.77. The van der Waals surface area contributed by atoms with E-state index in [1.165, 1.54) is 6.20 Å². The number of hydrogen-bond acceptors (Lipinski definition) is 7. The number of H-pyrrole nitrogens is 1. The van der Waals surface area contributed by atoms with Crippen molar-refractivity contribution < 1.29 is 13.2 Å². The van der Waals surface area contributed by atoms with Gasteiger partial charge in [-0.25, -0.2) is 13.4 Å². The van der Waals surface area contributed by atoms with Crippen LogP contribution in [-0.4, -0.2) is 47.3 Å². The van der Waals surface area contributed by atoms with Crippen molar-refractivity contribution in [1.82, 2.24) is 20.2 Å². The zero-order valence-electron chi connectivity index (χ0n) is 19.6. The summed E-state index contributed by atoms with van der Waals surface area (Å²) in [4.78, 5) is 8.23. The average molecular weight is 545 g/mol. The highest BCUT2D eigenvalue weighted by atomic mass is 35.5. The lowest BCUT2D eigenvalue weighted by Gasteiger charge is -2.27. The predicted molar refractivity (Wildman–Crippen MR) is 140 cm³/mol. The quantitative estimate of drug-likeness (QED) is 0.302. The number of sulfonamides is 1. The fraction of sp³-hybridized carbons (Fsp3) is 0.250. The van der Waals surface area contributed by atoms with Crippen LogP contribution in [0.15, 0.2) is 42.6 Å². The third-order valence-corrected chi connectivity index (χ3v) is 6.68. The number of ether oxygens (including phenoxy) is 1. The van der Waals surface area contributed by atoms with Crippen molar-refractivity contribution in [2.75, 3.05) is 23.5 Å². The topological polar surface area (TPSA) is 134 Å². The van der Waals surface area contributed by atoms with Crippen LogP contribution in [0.1, 0.15) is 30.5 Å². The Balaban J connectivity index is 1.65. The van der Waals surface area contributed by atoms with Crippen LogP contribution < -0.4 is 9.46 Å². The Hall–Kier alpha value is -3.39. The highest BCUT2D eigenvalue weighted by Gasteiger charge is 2.26. The number of alkyl halides is 1. The summed E-state index contributed by atoms with van der Waals surface area (Å²) in [5.74, 6) is 0.574. The van der Waals surface area contributed by atoms with Gasteiger partial charge in [0, 0.05) is 17.2 Å². The number of fused-ring (bicyclic) bond motifs is 1. The van der Waals surface area contributed by atoms with Crippen molar-refractivity contribution >= 4 is 50.2 Å². The van der Waals surface area contributed by atoms with Gasteiger partial charge in [-0.1, -0.05) is 49.7 Å². The lowest BCUT2D eigenvalue weighted by molar-refractivity contribution is 0.341. The molecule has 0 saturated carbocycles. The minimum absolute atomic E-state index is 0.0466. The molecule has 0 fully saturated rings. The van der Waals surface area contributed by atoms with Gasteiger partial charge in [0.15, 0.2) is 11.4 Å². The molecule has 12 heteroatoms. The van der Waals surface area contributed by atoms with Gasteiger partial charge in [-0.2, -0.15) is 15.3 Å². The number of nitrogens with zero attached hydrogens (tertiary/aromatic N) is 4. The second-order valence-electron chi connectivity index (χ2n) is 8.59. The van der Waals surface area contributed by atoms with E-state index in [1.54, 1.807) is 6.07 Å². The molecule has 0 atom stereocenters. The Kier molecular flexibility index (Phi) is 7.09. The smallest absolute Gasteiger partial charge is 0.238 e. The number of halogens is 2. The minimum atomic E-state index is -3.50. The number of anilines is 1. The van der Waals surface area contributed by atoms with Crippen LogP contribution in [0.5, 0.6) is 5.75 Å². The first-order valence-electron chi connectivity index (χ1n) is 10.8. The molecule has 0 spiro atoms. The molecule has 2 heterocycles. The number of aromatic nitrogens is 4. The average Bonchev–Trinajstić information content (AvgIpc) is 3.25. The van der Waals surface area contributed by atoms with Crippen LogP contribution in [0.2, 0.25) is 5.02 Å². The molecule has 4 aromatic rings. The van der Waals surface area contributed by atoms with E-state index in [0.29, 0.717) is 33.1 Å². The maximum Gasteiger partial charge on any atom is 0.238 e. The summed E-state index contributed by atoms with van der Waals surface area (Å²) in [6, 6.07) is 13.6. The number of rotatable bonds is 8. The second-order valence-corrected chi connectivity index (χ2v) is 11.1. The van der Waals surface area contributed by atoms with Crippen molar-refractivity contribution in [1.29, 1.82) is 5.26 Å². The van der Waals surface area contributed by atoms with Crippen molar-refractivity contribution in [2.24, 2.45) is 0 Å². The van der Waals surface area contributed by atoms with E-state index in [4.69, 9.17) is 27.9 Å². The Morgan fingerprint density at radius 1 is 1.19 bits per heavy atom. The molecule has 0 aliphatic heterocycles. The first-order valence-corrected chi connectivity index (χ1v) is 13.6. The first kappa shape index (κ1) is 25.7. The molecule has 0 aliphatic carbocycles. The van der Waals surface area contributed by atoms with Crippen LogP contribution in [-0.2, 0) is 15.4 Å². The Morgan fingerprint density at radius 2 is 1.92 bits per heavy atom. The Morgan fingerprint density at radius 3 is 2.56 bits per heavy atom. The van der Waals surface area contributed by atoms with E-state index in [9.17, 15) is 13.7 Å². The van der Waals surface area contributed by atoms with E-state index >= 15 is 0 Å². The lowest BCUT2D eigenvalue weighted by Crippen LogP contribution is -2.19. The summed E-state index contributed by atoms with van der Waals surface area (Å²) in [6.45, 7) is 4.34. The van der Waals surface area contributed by atoms with E-state index < -0.39 is 15.4 Å². The van der Waals surface area contributed by atoms with Gasteiger partial charge in [-0.15, -0.1) is 11.6 Å². The molecule has 36 heavy (non-hydrogen) atoms. The predicted octanol–water partition coefficient (Wildman–Crippen LogP) is 4.86. The number of nitrogens with one attached hydrogen (secondary N) is 2. The van der Waals surface area contributed by atoms with Crippen molar-refractivity contribution in [3.05, 3.63) is 64.3 Å². The molecule has 0 unspecified atom stereocenters. The fourth-order valence-electron chi connectivity index (χ4n) is 3.78. The van der Waals surface area contributed by atoms with Gasteiger partial charge in [-0.3, -0.25) is 9.82 Å². The normalized spacial score (nSPS) is 11.9. The molecule has 186 valence electrons. The molecule has 4 rings (SSSR count). The van der Waals surface area contributed by atoms with Crippen LogP contribution in [0.4, 0.5) is 5.95 Å². The van der Waals surface area contributed by atoms with Gasteiger partial charge in [0.25, 0.3) is 0 Å². The zero-order chi connectivity index (χ0) is 26.1. The summed E-state index contributed by atoms with van der Waals surface area (Å²) < 4.78 is 30.7.